The molecule has 0 aromatic carbocycles. The molecule has 1 aliphatic carbocycles. The molecule has 0 aromatic rings. The third-order valence-corrected chi connectivity index (χ3v) is 4.06. The van der Waals surface area contributed by atoms with Gasteiger partial charge in [0.25, 0.3) is 0 Å². The lowest BCUT2D eigenvalue weighted by Crippen LogP contribution is -2.40. The van der Waals surface area contributed by atoms with E-state index in [2.05, 4.69) is 19.2 Å². The van der Waals surface area contributed by atoms with Crippen LogP contribution >= 0.6 is 0 Å². The van der Waals surface area contributed by atoms with Crippen LogP contribution in [0.3, 0.4) is 0 Å². The van der Waals surface area contributed by atoms with E-state index >= 15 is 0 Å². The van der Waals surface area contributed by atoms with Gasteiger partial charge in [0.05, 0.1) is 12.7 Å². The molecule has 2 fully saturated rings. The fourth-order valence-corrected chi connectivity index (χ4v) is 2.84. The Kier molecular flexibility index (Phi) is 3.68. The van der Waals surface area contributed by atoms with Gasteiger partial charge in [-0.3, -0.25) is 0 Å². The highest BCUT2D eigenvalue weighted by Crippen LogP contribution is 2.39. The van der Waals surface area contributed by atoms with Crippen LogP contribution in [0, 0.1) is 11.3 Å². The van der Waals surface area contributed by atoms with Crippen LogP contribution in [0.25, 0.3) is 0 Å². The fourth-order valence-electron chi connectivity index (χ4n) is 2.84. The number of ether oxygens (including phenoxy) is 1. The van der Waals surface area contributed by atoms with Crippen molar-refractivity contribution in [2.75, 3.05) is 19.7 Å². The van der Waals surface area contributed by atoms with E-state index in [0.717, 1.165) is 25.6 Å². The van der Waals surface area contributed by atoms with Gasteiger partial charge in [-0.15, -0.1) is 0 Å². The Morgan fingerprint density at radius 1 is 1.27 bits per heavy atom. The highest BCUT2D eigenvalue weighted by molar-refractivity contribution is 4.81. The van der Waals surface area contributed by atoms with Crippen LogP contribution in [-0.2, 0) is 4.74 Å². The van der Waals surface area contributed by atoms with Crippen molar-refractivity contribution in [2.24, 2.45) is 11.3 Å². The first-order valence-electron chi connectivity index (χ1n) is 6.48. The summed E-state index contributed by atoms with van der Waals surface area (Å²) in [5, 5.41) is 3.42. The minimum Gasteiger partial charge on any atom is -0.376 e. The fraction of sp³-hybridized carbons (Fsp3) is 1.00. The summed E-state index contributed by atoms with van der Waals surface area (Å²) in [5.41, 5.74) is 0.599. The van der Waals surface area contributed by atoms with Gasteiger partial charge >= 0.3 is 0 Å². The normalized spacial score (nSPS) is 32.8. The van der Waals surface area contributed by atoms with Crippen LogP contribution in [0.4, 0.5) is 0 Å². The number of rotatable bonds is 2. The van der Waals surface area contributed by atoms with E-state index in [-0.39, 0.29) is 0 Å². The quantitative estimate of drug-likeness (QED) is 0.758. The molecule has 88 valence electrons. The summed E-state index contributed by atoms with van der Waals surface area (Å²) in [6.45, 7) is 7.82. The molecule has 1 atom stereocenters. The Bertz CT molecular complexity index is 187. The molecule has 2 rings (SSSR count). The minimum absolute atomic E-state index is 0.491. The summed E-state index contributed by atoms with van der Waals surface area (Å²) in [6, 6.07) is 0. The Morgan fingerprint density at radius 2 is 2.00 bits per heavy atom. The van der Waals surface area contributed by atoms with Crippen molar-refractivity contribution < 1.29 is 4.74 Å². The van der Waals surface area contributed by atoms with Crippen molar-refractivity contribution in [3.05, 3.63) is 0 Å². The van der Waals surface area contributed by atoms with Gasteiger partial charge in [0, 0.05) is 13.1 Å². The molecule has 1 aliphatic heterocycles. The van der Waals surface area contributed by atoms with Gasteiger partial charge < -0.3 is 10.1 Å². The van der Waals surface area contributed by atoms with Crippen molar-refractivity contribution in [1.82, 2.24) is 5.32 Å². The molecule has 1 saturated heterocycles. The van der Waals surface area contributed by atoms with Crippen molar-refractivity contribution >= 4 is 0 Å². The summed E-state index contributed by atoms with van der Waals surface area (Å²) in [6.07, 6.45) is 7.39. The predicted molar refractivity (Wildman–Crippen MR) is 63.0 cm³/mol. The zero-order valence-electron chi connectivity index (χ0n) is 10.2. The molecule has 1 heterocycles. The molecule has 0 spiro atoms. The standard InChI is InChI=1S/C13H25NO/c1-13(2)5-3-11(4-6-13)9-12-10-14-7-8-15-12/h11-12,14H,3-10H2,1-2H3. The zero-order chi connectivity index (χ0) is 10.7. The molecular weight excluding hydrogens is 186 g/mol. The summed E-state index contributed by atoms with van der Waals surface area (Å²) < 4.78 is 5.77. The summed E-state index contributed by atoms with van der Waals surface area (Å²) in [7, 11) is 0. The van der Waals surface area contributed by atoms with E-state index in [1.807, 2.05) is 0 Å². The van der Waals surface area contributed by atoms with Crippen molar-refractivity contribution in [2.45, 2.75) is 52.1 Å². The first kappa shape index (κ1) is 11.4. The number of hydrogen-bond donors (Lipinski definition) is 1. The molecule has 1 N–H and O–H groups in total. The van der Waals surface area contributed by atoms with Crippen LogP contribution in [0.5, 0.6) is 0 Å². The van der Waals surface area contributed by atoms with Crippen molar-refractivity contribution in [3.63, 3.8) is 0 Å². The lowest BCUT2D eigenvalue weighted by atomic mass is 9.72. The van der Waals surface area contributed by atoms with Crippen LogP contribution in [0.2, 0.25) is 0 Å². The highest BCUT2D eigenvalue weighted by atomic mass is 16.5. The monoisotopic (exact) mass is 211 g/mol. The molecule has 1 saturated carbocycles. The van der Waals surface area contributed by atoms with Gasteiger partial charge in [-0.2, -0.15) is 0 Å². The van der Waals surface area contributed by atoms with Crippen LogP contribution in [-0.4, -0.2) is 25.8 Å². The maximum absolute atomic E-state index is 5.77. The molecule has 2 aliphatic rings. The largest absolute Gasteiger partial charge is 0.376 e. The minimum atomic E-state index is 0.491. The second-order valence-electron chi connectivity index (χ2n) is 6.04. The third kappa shape index (κ3) is 3.46. The predicted octanol–water partition coefficient (Wildman–Crippen LogP) is 2.58. The van der Waals surface area contributed by atoms with Crippen LogP contribution in [0.15, 0.2) is 0 Å². The van der Waals surface area contributed by atoms with Gasteiger partial charge in [-0.1, -0.05) is 13.8 Å². The molecule has 0 amide bonds. The maximum Gasteiger partial charge on any atom is 0.0702 e. The van der Waals surface area contributed by atoms with Crippen molar-refractivity contribution in [3.8, 4) is 0 Å². The van der Waals surface area contributed by atoms with E-state index in [0.29, 0.717) is 11.5 Å². The lowest BCUT2D eigenvalue weighted by Gasteiger charge is -2.36. The molecule has 15 heavy (non-hydrogen) atoms. The first-order valence-corrected chi connectivity index (χ1v) is 6.48. The second-order valence-corrected chi connectivity index (χ2v) is 6.04. The van der Waals surface area contributed by atoms with E-state index in [4.69, 9.17) is 4.74 Å². The average Bonchev–Trinajstić information content (AvgIpc) is 2.23. The molecule has 2 heteroatoms. The zero-order valence-corrected chi connectivity index (χ0v) is 10.2. The summed E-state index contributed by atoms with van der Waals surface area (Å²) in [5.74, 6) is 0.919. The average molecular weight is 211 g/mol. The Balaban J connectivity index is 1.71. The van der Waals surface area contributed by atoms with Gasteiger partial charge in [-0.25, -0.2) is 0 Å². The maximum atomic E-state index is 5.77. The van der Waals surface area contributed by atoms with Crippen LogP contribution in [0.1, 0.15) is 46.0 Å². The van der Waals surface area contributed by atoms with E-state index in [1.165, 1.54) is 32.1 Å². The number of morpholine rings is 1. The Labute approximate surface area is 93.8 Å². The van der Waals surface area contributed by atoms with Crippen molar-refractivity contribution in [1.29, 1.82) is 0 Å². The van der Waals surface area contributed by atoms with E-state index in [9.17, 15) is 0 Å². The van der Waals surface area contributed by atoms with E-state index in [1.54, 1.807) is 0 Å². The number of hydrogen-bond acceptors (Lipinski definition) is 2. The molecule has 0 bridgehead atoms. The molecular formula is C13H25NO. The molecule has 0 aromatic heterocycles. The molecule has 2 nitrogen and oxygen atoms in total. The lowest BCUT2D eigenvalue weighted by molar-refractivity contribution is 0.00579. The van der Waals surface area contributed by atoms with Gasteiger partial charge in [0.15, 0.2) is 0 Å². The van der Waals surface area contributed by atoms with Gasteiger partial charge in [-0.05, 0) is 43.4 Å². The molecule has 0 radical (unpaired) electrons. The number of nitrogens with one attached hydrogen (secondary N) is 1. The first-order chi connectivity index (χ1) is 7.16. The van der Waals surface area contributed by atoms with E-state index < -0.39 is 0 Å². The topological polar surface area (TPSA) is 21.3 Å². The summed E-state index contributed by atoms with van der Waals surface area (Å²) >= 11 is 0. The molecule has 1 unspecified atom stereocenters. The smallest absolute Gasteiger partial charge is 0.0702 e. The highest BCUT2D eigenvalue weighted by Gasteiger charge is 2.28. The van der Waals surface area contributed by atoms with Crippen LogP contribution < -0.4 is 5.32 Å². The second kappa shape index (κ2) is 4.84. The summed E-state index contributed by atoms with van der Waals surface area (Å²) in [4.78, 5) is 0. The van der Waals surface area contributed by atoms with Gasteiger partial charge in [0.2, 0.25) is 0 Å². The van der Waals surface area contributed by atoms with Gasteiger partial charge in [0.1, 0.15) is 0 Å². The SMILES string of the molecule is CC1(C)CCC(CC2CNCCO2)CC1. The Morgan fingerprint density at radius 3 is 2.60 bits per heavy atom. The third-order valence-electron chi connectivity index (χ3n) is 4.06. The Hall–Kier alpha value is -0.0800.